The topological polar surface area (TPSA) is 86.7 Å². The van der Waals surface area contributed by atoms with Crippen molar-refractivity contribution in [1.29, 1.82) is 0 Å². The van der Waals surface area contributed by atoms with E-state index in [2.05, 4.69) is 4.72 Å². The molecule has 0 bridgehead atoms. The lowest BCUT2D eigenvalue weighted by molar-refractivity contribution is -0.140. The molecule has 1 atom stereocenters. The summed E-state index contributed by atoms with van der Waals surface area (Å²) in [4.78, 5) is 10.9. The maximum Gasteiger partial charge on any atom is 0.322 e. The first kappa shape index (κ1) is 14.4. The van der Waals surface area contributed by atoms with E-state index in [4.69, 9.17) is 5.11 Å². The fraction of sp³-hybridized carbons (Fsp3) is 0.900. The summed E-state index contributed by atoms with van der Waals surface area (Å²) in [7, 11) is -2.23. The van der Waals surface area contributed by atoms with Gasteiger partial charge in [-0.2, -0.15) is 17.4 Å². The lowest BCUT2D eigenvalue weighted by Gasteiger charge is -2.22. The number of carboxylic acids is 1. The largest absolute Gasteiger partial charge is 0.480 e. The van der Waals surface area contributed by atoms with Gasteiger partial charge < -0.3 is 5.11 Å². The van der Waals surface area contributed by atoms with Gasteiger partial charge in [-0.15, -0.1) is 0 Å². The SMILES string of the molecule is CC(C)C(NS(=O)(=O)N(C)CC1CC1)C(=O)O. The fourth-order valence-electron chi connectivity index (χ4n) is 1.48. The van der Waals surface area contributed by atoms with Gasteiger partial charge in [0.1, 0.15) is 6.04 Å². The Kier molecular flexibility index (Phi) is 4.51. The van der Waals surface area contributed by atoms with Crippen molar-refractivity contribution in [3.05, 3.63) is 0 Å². The number of carboxylic acid groups (broad SMARTS) is 1. The lowest BCUT2D eigenvalue weighted by Crippen LogP contribution is -2.49. The van der Waals surface area contributed by atoms with Crippen LogP contribution in [0.5, 0.6) is 0 Å². The van der Waals surface area contributed by atoms with Crippen molar-refractivity contribution in [3.63, 3.8) is 0 Å². The van der Waals surface area contributed by atoms with E-state index in [0.717, 1.165) is 12.8 Å². The van der Waals surface area contributed by atoms with Crippen LogP contribution in [0.1, 0.15) is 26.7 Å². The van der Waals surface area contributed by atoms with Gasteiger partial charge in [-0.25, -0.2) is 0 Å². The van der Waals surface area contributed by atoms with Crippen LogP contribution in [0.25, 0.3) is 0 Å². The molecule has 0 heterocycles. The third-order valence-electron chi connectivity index (χ3n) is 2.83. The summed E-state index contributed by atoms with van der Waals surface area (Å²) in [5.41, 5.74) is 0. The molecule has 1 unspecified atom stereocenters. The number of carbonyl (C=O) groups is 1. The zero-order valence-corrected chi connectivity index (χ0v) is 11.2. The highest BCUT2D eigenvalue weighted by Gasteiger charge is 2.32. The number of hydrogen-bond donors (Lipinski definition) is 2. The second kappa shape index (κ2) is 5.32. The summed E-state index contributed by atoms with van der Waals surface area (Å²) in [6, 6.07) is -1.08. The molecule has 6 nitrogen and oxygen atoms in total. The summed E-state index contributed by atoms with van der Waals surface area (Å²) in [6.45, 7) is 3.80. The van der Waals surface area contributed by atoms with E-state index in [9.17, 15) is 13.2 Å². The molecule has 2 N–H and O–H groups in total. The van der Waals surface area contributed by atoms with Crippen molar-refractivity contribution >= 4 is 16.2 Å². The average molecular weight is 264 g/mol. The number of nitrogens with one attached hydrogen (secondary N) is 1. The zero-order valence-electron chi connectivity index (χ0n) is 10.4. The van der Waals surface area contributed by atoms with Crippen molar-refractivity contribution in [3.8, 4) is 0 Å². The molecule has 1 fully saturated rings. The van der Waals surface area contributed by atoms with Crippen LogP contribution in [-0.2, 0) is 15.0 Å². The quantitative estimate of drug-likeness (QED) is 0.691. The normalized spacial score (nSPS) is 18.6. The van der Waals surface area contributed by atoms with E-state index < -0.39 is 22.2 Å². The average Bonchev–Trinajstić information content (AvgIpc) is 2.97. The van der Waals surface area contributed by atoms with E-state index in [-0.39, 0.29) is 5.92 Å². The maximum absolute atomic E-state index is 11.9. The first-order chi connectivity index (χ1) is 7.74. The molecule has 7 heteroatoms. The molecule has 100 valence electrons. The number of hydrogen-bond acceptors (Lipinski definition) is 3. The molecule has 0 aliphatic heterocycles. The van der Waals surface area contributed by atoms with Gasteiger partial charge in [0.2, 0.25) is 0 Å². The summed E-state index contributed by atoms with van der Waals surface area (Å²) >= 11 is 0. The minimum Gasteiger partial charge on any atom is -0.480 e. The predicted molar refractivity (Wildman–Crippen MR) is 63.7 cm³/mol. The molecule has 0 aromatic heterocycles. The van der Waals surface area contributed by atoms with Crippen LogP contribution in [0.15, 0.2) is 0 Å². The van der Waals surface area contributed by atoms with Crippen molar-refractivity contribution in [2.75, 3.05) is 13.6 Å². The molecule has 0 radical (unpaired) electrons. The first-order valence-electron chi connectivity index (χ1n) is 5.70. The highest BCUT2D eigenvalue weighted by Crippen LogP contribution is 2.29. The summed E-state index contributed by atoms with van der Waals surface area (Å²) in [5.74, 6) is -1.01. The van der Waals surface area contributed by atoms with Gasteiger partial charge >= 0.3 is 5.97 Å². The molecular weight excluding hydrogens is 244 g/mol. The fourth-order valence-corrected chi connectivity index (χ4v) is 2.77. The Hall–Kier alpha value is -0.660. The second-order valence-electron chi connectivity index (χ2n) is 4.91. The van der Waals surface area contributed by atoms with Crippen LogP contribution in [0.3, 0.4) is 0 Å². The Morgan fingerprint density at radius 3 is 2.35 bits per heavy atom. The lowest BCUT2D eigenvalue weighted by atomic mass is 10.1. The number of aliphatic carboxylic acids is 1. The monoisotopic (exact) mass is 264 g/mol. The third-order valence-corrected chi connectivity index (χ3v) is 4.35. The van der Waals surface area contributed by atoms with Gasteiger partial charge in [-0.3, -0.25) is 4.79 Å². The van der Waals surface area contributed by atoms with Gasteiger partial charge in [0.25, 0.3) is 10.2 Å². The first-order valence-corrected chi connectivity index (χ1v) is 7.14. The van der Waals surface area contributed by atoms with E-state index >= 15 is 0 Å². The van der Waals surface area contributed by atoms with Gasteiger partial charge in [0.15, 0.2) is 0 Å². The summed E-state index contributed by atoms with van der Waals surface area (Å²) in [6.07, 6.45) is 2.10. The molecular formula is C10H20N2O4S. The maximum atomic E-state index is 11.9. The Labute approximate surface area is 102 Å². The van der Waals surface area contributed by atoms with Crippen molar-refractivity contribution in [1.82, 2.24) is 9.03 Å². The Morgan fingerprint density at radius 2 is 2.00 bits per heavy atom. The van der Waals surface area contributed by atoms with Gasteiger partial charge in [-0.05, 0) is 24.7 Å². The Bertz CT molecular complexity index is 376. The van der Waals surface area contributed by atoms with Crippen LogP contribution < -0.4 is 4.72 Å². The Balaban J connectivity index is 2.65. The highest BCUT2D eigenvalue weighted by atomic mass is 32.2. The molecule has 1 rings (SSSR count). The minimum atomic E-state index is -3.70. The number of rotatable bonds is 7. The third kappa shape index (κ3) is 4.25. The summed E-state index contributed by atoms with van der Waals surface area (Å²) in [5, 5.41) is 8.94. The molecule has 0 saturated heterocycles. The van der Waals surface area contributed by atoms with E-state index in [1.165, 1.54) is 11.4 Å². The molecule has 0 aromatic rings. The van der Waals surface area contributed by atoms with E-state index in [1.807, 2.05) is 0 Å². The van der Waals surface area contributed by atoms with Crippen molar-refractivity contribution in [2.45, 2.75) is 32.7 Å². The number of nitrogens with zero attached hydrogens (tertiary/aromatic N) is 1. The van der Waals surface area contributed by atoms with Crippen molar-refractivity contribution < 1.29 is 18.3 Å². The van der Waals surface area contributed by atoms with Crippen LogP contribution in [-0.4, -0.2) is 43.4 Å². The molecule has 1 aliphatic carbocycles. The molecule has 0 amide bonds. The molecule has 17 heavy (non-hydrogen) atoms. The standard InChI is InChI=1S/C10H20N2O4S/c1-7(2)9(10(13)14)11-17(15,16)12(3)6-8-4-5-8/h7-9,11H,4-6H2,1-3H3,(H,13,14). The van der Waals surface area contributed by atoms with Crippen LogP contribution >= 0.6 is 0 Å². The van der Waals surface area contributed by atoms with Gasteiger partial charge in [0, 0.05) is 13.6 Å². The van der Waals surface area contributed by atoms with Crippen LogP contribution in [0, 0.1) is 11.8 Å². The van der Waals surface area contributed by atoms with E-state index in [1.54, 1.807) is 13.8 Å². The molecule has 0 spiro atoms. The minimum absolute atomic E-state index is 0.295. The molecule has 0 aromatic carbocycles. The second-order valence-corrected chi connectivity index (χ2v) is 6.72. The van der Waals surface area contributed by atoms with Gasteiger partial charge in [-0.1, -0.05) is 13.8 Å². The Morgan fingerprint density at radius 1 is 1.47 bits per heavy atom. The zero-order chi connectivity index (χ0) is 13.2. The van der Waals surface area contributed by atoms with Crippen LogP contribution in [0.2, 0.25) is 0 Å². The predicted octanol–water partition coefficient (Wildman–Crippen LogP) is 0.272. The summed E-state index contributed by atoms with van der Waals surface area (Å²) < 4.78 is 27.2. The highest BCUT2D eigenvalue weighted by molar-refractivity contribution is 7.87. The molecule has 1 aliphatic rings. The van der Waals surface area contributed by atoms with Crippen LogP contribution in [0.4, 0.5) is 0 Å². The smallest absolute Gasteiger partial charge is 0.322 e. The van der Waals surface area contributed by atoms with E-state index in [0.29, 0.717) is 12.5 Å². The van der Waals surface area contributed by atoms with Crippen molar-refractivity contribution in [2.24, 2.45) is 11.8 Å². The van der Waals surface area contributed by atoms with Gasteiger partial charge in [0.05, 0.1) is 0 Å². The molecule has 1 saturated carbocycles.